The topological polar surface area (TPSA) is 29.1 Å². The average molecular weight is 291 g/mol. The standard InChI is InChI=1S/C17H25NOS/c1-2-20(19)17-9-5-8-15(12-17)18-16-10-13-6-3-4-7-14(13)11-16/h3-4,6-7,15-18H,2,5,8-12H2,1H3/t15-,17-,20+/m0/s1. The van der Waals surface area contributed by atoms with Gasteiger partial charge in [0, 0.05) is 33.9 Å². The molecule has 1 saturated carbocycles. The maximum Gasteiger partial charge on any atom is 0.0362 e. The van der Waals surface area contributed by atoms with Crippen LogP contribution in [-0.4, -0.2) is 27.3 Å². The first-order valence-electron chi connectivity index (χ1n) is 7.96. The minimum atomic E-state index is -0.617. The minimum absolute atomic E-state index is 0.426. The predicted molar refractivity (Wildman–Crippen MR) is 85.5 cm³/mol. The van der Waals surface area contributed by atoms with Crippen LogP contribution in [0.5, 0.6) is 0 Å². The summed E-state index contributed by atoms with van der Waals surface area (Å²) in [5.41, 5.74) is 3.02. The molecule has 1 aromatic carbocycles. The summed E-state index contributed by atoms with van der Waals surface area (Å²) in [5.74, 6) is 0.812. The van der Waals surface area contributed by atoms with Crippen molar-refractivity contribution in [1.29, 1.82) is 0 Å². The van der Waals surface area contributed by atoms with Gasteiger partial charge >= 0.3 is 0 Å². The average Bonchev–Trinajstić information content (AvgIpc) is 2.88. The molecule has 2 aliphatic rings. The van der Waals surface area contributed by atoms with Gasteiger partial charge in [-0.3, -0.25) is 4.21 Å². The second kappa shape index (κ2) is 6.40. The number of benzene rings is 1. The van der Waals surface area contributed by atoms with Crippen LogP contribution in [0.4, 0.5) is 0 Å². The zero-order valence-electron chi connectivity index (χ0n) is 12.3. The third-order valence-electron chi connectivity index (χ3n) is 4.80. The van der Waals surface area contributed by atoms with Crippen molar-refractivity contribution >= 4 is 10.8 Å². The molecule has 3 atom stereocenters. The first-order valence-corrected chi connectivity index (χ1v) is 9.34. The SMILES string of the molecule is CC[S@@](=O)[C@H]1CCC[C@H](NC2Cc3ccccc3C2)C1. The van der Waals surface area contributed by atoms with E-state index in [1.54, 1.807) is 0 Å². The van der Waals surface area contributed by atoms with Crippen molar-refractivity contribution in [3.63, 3.8) is 0 Å². The molecule has 0 saturated heterocycles. The van der Waals surface area contributed by atoms with Crippen LogP contribution in [0.25, 0.3) is 0 Å². The molecule has 0 amide bonds. The van der Waals surface area contributed by atoms with Gasteiger partial charge < -0.3 is 5.32 Å². The molecular weight excluding hydrogens is 266 g/mol. The summed E-state index contributed by atoms with van der Waals surface area (Å²) in [7, 11) is -0.617. The zero-order chi connectivity index (χ0) is 13.9. The lowest BCUT2D eigenvalue weighted by Gasteiger charge is -2.31. The summed E-state index contributed by atoms with van der Waals surface area (Å²) >= 11 is 0. The summed E-state index contributed by atoms with van der Waals surface area (Å²) in [5, 5.41) is 4.27. The Hall–Kier alpha value is -0.670. The molecule has 20 heavy (non-hydrogen) atoms. The van der Waals surface area contributed by atoms with Crippen LogP contribution in [0.2, 0.25) is 0 Å². The second-order valence-electron chi connectivity index (χ2n) is 6.20. The molecule has 0 unspecified atom stereocenters. The van der Waals surface area contributed by atoms with E-state index >= 15 is 0 Å². The maximum absolute atomic E-state index is 12.0. The van der Waals surface area contributed by atoms with Gasteiger partial charge in [-0.2, -0.15) is 0 Å². The van der Waals surface area contributed by atoms with Gasteiger partial charge in [0.2, 0.25) is 0 Å². The smallest absolute Gasteiger partial charge is 0.0362 e. The van der Waals surface area contributed by atoms with Crippen LogP contribution >= 0.6 is 0 Å². The number of hydrogen-bond donors (Lipinski definition) is 1. The summed E-state index contributed by atoms with van der Waals surface area (Å²) in [6, 6.07) is 9.96. The van der Waals surface area contributed by atoms with Crippen molar-refractivity contribution in [1.82, 2.24) is 5.32 Å². The van der Waals surface area contributed by atoms with Gasteiger partial charge in [0.25, 0.3) is 0 Å². The van der Waals surface area contributed by atoms with E-state index in [4.69, 9.17) is 0 Å². The van der Waals surface area contributed by atoms with Crippen LogP contribution < -0.4 is 5.32 Å². The van der Waals surface area contributed by atoms with Gasteiger partial charge in [-0.25, -0.2) is 0 Å². The fourth-order valence-electron chi connectivity index (χ4n) is 3.78. The molecule has 2 aliphatic carbocycles. The van der Waals surface area contributed by atoms with Crippen molar-refractivity contribution < 1.29 is 4.21 Å². The highest BCUT2D eigenvalue weighted by atomic mass is 32.2. The summed E-state index contributed by atoms with van der Waals surface area (Å²) in [6.07, 6.45) is 7.07. The lowest BCUT2D eigenvalue weighted by Crippen LogP contribution is -2.43. The van der Waals surface area contributed by atoms with E-state index in [1.165, 1.54) is 24.0 Å². The molecule has 1 N–H and O–H groups in total. The first-order chi connectivity index (χ1) is 9.76. The van der Waals surface area contributed by atoms with Crippen molar-refractivity contribution in [2.24, 2.45) is 0 Å². The van der Waals surface area contributed by atoms with Crippen molar-refractivity contribution in [3.8, 4) is 0 Å². The lowest BCUT2D eigenvalue weighted by molar-refractivity contribution is 0.342. The third kappa shape index (κ3) is 3.15. The van der Waals surface area contributed by atoms with Gasteiger partial charge in [-0.05, 0) is 43.2 Å². The Kier molecular flexibility index (Phi) is 4.57. The first kappa shape index (κ1) is 14.3. The molecular formula is C17H25NOS. The maximum atomic E-state index is 12.0. The van der Waals surface area contributed by atoms with Gasteiger partial charge in [0.15, 0.2) is 0 Å². The minimum Gasteiger partial charge on any atom is -0.311 e. The van der Waals surface area contributed by atoms with E-state index in [0.29, 0.717) is 17.3 Å². The molecule has 1 aromatic rings. The Morgan fingerprint density at radius 3 is 2.50 bits per heavy atom. The summed E-state index contributed by atoms with van der Waals surface area (Å²) in [6.45, 7) is 2.04. The largest absolute Gasteiger partial charge is 0.311 e. The quantitative estimate of drug-likeness (QED) is 0.924. The van der Waals surface area contributed by atoms with Crippen LogP contribution in [0.3, 0.4) is 0 Å². The summed E-state index contributed by atoms with van der Waals surface area (Å²) in [4.78, 5) is 0. The molecule has 0 bridgehead atoms. The van der Waals surface area contributed by atoms with E-state index in [0.717, 1.165) is 31.4 Å². The number of rotatable bonds is 4. The van der Waals surface area contributed by atoms with Crippen molar-refractivity contribution in [2.75, 3.05) is 5.75 Å². The number of nitrogens with one attached hydrogen (secondary N) is 1. The Labute approximate surface area is 124 Å². The van der Waals surface area contributed by atoms with E-state index < -0.39 is 10.8 Å². The van der Waals surface area contributed by atoms with Gasteiger partial charge in [0.05, 0.1) is 0 Å². The monoisotopic (exact) mass is 291 g/mol. The fourth-order valence-corrected chi connectivity index (χ4v) is 5.13. The van der Waals surface area contributed by atoms with Crippen molar-refractivity contribution in [3.05, 3.63) is 35.4 Å². The van der Waals surface area contributed by atoms with Gasteiger partial charge in [-0.1, -0.05) is 37.6 Å². The summed E-state index contributed by atoms with van der Waals surface area (Å²) < 4.78 is 12.0. The lowest BCUT2D eigenvalue weighted by atomic mass is 9.94. The Morgan fingerprint density at radius 2 is 1.85 bits per heavy atom. The Balaban J connectivity index is 1.56. The molecule has 3 rings (SSSR count). The molecule has 0 spiro atoms. The van der Waals surface area contributed by atoms with Crippen LogP contribution in [-0.2, 0) is 23.6 Å². The molecule has 1 fully saturated rings. The Bertz CT molecular complexity index is 463. The van der Waals surface area contributed by atoms with Crippen molar-refractivity contribution in [2.45, 2.75) is 62.8 Å². The normalized spacial score (nSPS) is 28.2. The highest BCUT2D eigenvalue weighted by molar-refractivity contribution is 7.85. The predicted octanol–water partition coefficient (Wildman–Crippen LogP) is 2.82. The Morgan fingerprint density at radius 1 is 1.15 bits per heavy atom. The van der Waals surface area contributed by atoms with Gasteiger partial charge in [-0.15, -0.1) is 0 Å². The second-order valence-corrected chi connectivity index (χ2v) is 8.20. The van der Waals surface area contributed by atoms with Crippen LogP contribution in [0.1, 0.15) is 43.7 Å². The van der Waals surface area contributed by atoms with Gasteiger partial charge in [0.1, 0.15) is 0 Å². The third-order valence-corrected chi connectivity index (χ3v) is 6.55. The molecule has 2 nitrogen and oxygen atoms in total. The molecule has 0 radical (unpaired) electrons. The molecule has 0 aromatic heterocycles. The van der Waals surface area contributed by atoms with E-state index in [1.807, 2.05) is 6.92 Å². The molecule has 0 aliphatic heterocycles. The van der Waals surface area contributed by atoms with Crippen LogP contribution in [0.15, 0.2) is 24.3 Å². The molecule has 0 heterocycles. The number of hydrogen-bond acceptors (Lipinski definition) is 2. The fraction of sp³-hybridized carbons (Fsp3) is 0.647. The van der Waals surface area contributed by atoms with Crippen LogP contribution in [0, 0.1) is 0 Å². The highest BCUT2D eigenvalue weighted by Crippen LogP contribution is 2.26. The van der Waals surface area contributed by atoms with E-state index in [2.05, 4.69) is 29.6 Å². The number of fused-ring (bicyclic) bond motifs is 1. The van der Waals surface area contributed by atoms with E-state index in [-0.39, 0.29) is 0 Å². The zero-order valence-corrected chi connectivity index (χ0v) is 13.1. The molecule has 3 heteroatoms. The molecule has 110 valence electrons. The highest BCUT2D eigenvalue weighted by Gasteiger charge is 2.29. The van der Waals surface area contributed by atoms with E-state index in [9.17, 15) is 4.21 Å².